The molecule has 3 nitrogen and oxygen atoms in total. The van der Waals surface area contributed by atoms with Crippen LogP contribution >= 0.6 is 11.3 Å². The first-order valence-corrected chi connectivity index (χ1v) is 7.69. The molecule has 2 aromatic rings. The van der Waals surface area contributed by atoms with Crippen molar-refractivity contribution in [3.8, 4) is 0 Å². The Bertz CT molecular complexity index is 632. The van der Waals surface area contributed by atoms with Crippen LogP contribution in [0.5, 0.6) is 0 Å². The van der Waals surface area contributed by atoms with Crippen LogP contribution in [0.1, 0.15) is 35.4 Å². The Morgan fingerprint density at radius 1 is 1.25 bits per heavy atom. The monoisotopic (exact) mass is 292 g/mol. The highest BCUT2D eigenvalue weighted by Crippen LogP contribution is 2.27. The highest BCUT2D eigenvalue weighted by Gasteiger charge is 2.21. The van der Waals surface area contributed by atoms with E-state index in [1.165, 1.54) is 23.5 Å². The molecule has 1 aromatic heterocycles. The first-order valence-electron chi connectivity index (χ1n) is 6.87. The van der Waals surface area contributed by atoms with Gasteiger partial charge < -0.3 is 11.1 Å². The van der Waals surface area contributed by atoms with Crippen LogP contribution in [0.4, 0.5) is 4.39 Å². The predicted octanol–water partition coefficient (Wildman–Crippen LogP) is 3.04. The maximum absolute atomic E-state index is 13.1. The molecule has 5 heteroatoms. The highest BCUT2D eigenvalue weighted by molar-refractivity contribution is 7.20. The molecule has 3 N–H and O–H groups in total. The van der Waals surface area contributed by atoms with E-state index in [1.807, 2.05) is 0 Å². The van der Waals surface area contributed by atoms with Gasteiger partial charge >= 0.3 is 0 Å². The van der Waals surface area contributed by atoms with E-state index in [0.717, 1.165) is 35.8 Å². The summed E-state index contributed by atoms with van der Waals surface area (Å²) in [7, 11) is 0. The average Bonchev–Trinajstić information content (AvgIpc) is 2.84. The van der Waals surface area contributed by atoms with E-state index < -0.39 is 0 Å². The topological polar surface area (TPSA) is 55.1 Å². The molecule has 3 rings (SSSR count). The summed E-state index contributed by atoms with van der Waals surface area (Å²) in [6.07, 6.45) is 3.80. The van der Waals surface area contributed by atoms with E-state index in [0.29, 0.717) is 4.88 Å². The fourth-order valence-electron chi connectivity index (χ4n) is 2.65. The van der Waals surface area contributed by atoms with Crippen molar-refractivity contribution in [1.29, 1.82) is 0 Å². The normalized spacial score (nSPS) is 22.9. The van der Waals surface area contributed by atoms with Gasteiger partial charge in [-0.05, 0) is 55.3 Å². The third kappa shape index (κ3) is 2.83. The Morgan fingerprint density at radius 3 is 2.75 bits per heavy atom. The summed E-state index contributed by atoms with van der Waals surface area (Å²) < 4.78 is 14.1. The molecule has 1 heterocycles. The van der Waals surface area contributed by atoms with Gasteiger partial charge in [0.15, 0.2) is 0 Å². The molecule has 0 atom stereocenters. The van der Waals surface area contributed by atoms with E-state index in [-0.39, 0.29) is 23.8 Å². The lowest BCUT2D eigenvalue weighted by atomic mass is 9.92. The Balaban J connectivity index is 1.72. The van der Waals surface area contributed by atoms with E-state index in [1.54, 1.807) is 12.1 Å². The maximum Gasteiger partial charge on any atom is 0.261 e. The predicted molar refractivity (Wildman–Crippen MR) is 79.5 cm³/mol. The third-order valence-electron chi connectivity index (χ3n) is 3.81. The van der Waals surface area contributed by atoms with E-state index in [4.69, 9.17) is 5.73 Å². The summed E-state index contributed by atoms with van der Waals surface area (Å²) in [5.41, 5.74) is 5.86. The zero-order chi connectivity index (χ0) is 14.1. The Kier molecular flexibility index (Phi) is 3.72. The number of amides is 1. The molecule has 0 saturated heterocycles. The van der Waals surface area contributed by atoms with Gasteiger partial charge in [0.1, 0.15) is 5.82 Å². The fraction of sp³-hybridized carbons (Fsp3) is 0.400. The van der Waals surface area contributed by atoms with Gasteiger partial charge in [0.25, 0.3) is 5.91 Å². The number of hydrogen-bond donors (Lipinski definition) is 2. The van der Waals surface area contributed by atoms with Crippen molar-refractivity contribution in [3.63, 3.8) is 0 Å². The number of benzene rings is 1. The Morgan fingerprint density at radius 2 is 2.00 bits per heavy atom. The number of rotatable bonds is 2. The molecule has 0 unspecified atom stereocenters. The lowest BCUT2D eigenvalue weighted by Crippen LogP contribution is -2.40. The summed E-state index contributed by atoms with van der Waals surface area (Å²) in [5.74, 6) is -0.337. The second kappa shape index (κ2) is 5.50. The standard InChI is InChI=1S/C15H17FN2OS/c16-10-1-6-13-9(7-10)8-14(20-13)15(19)18-12-4-2-11(17)3-5-12/h1,6-8,11-12H,2-5,17H2,(H,18,19). The van der Waals surface area contributed by atoms with Crippen molar-refractivity contribution >= 4 is 27.3 Å². The number of thiophene rings is 1. The van der Waals surface area contributed by atoms with Gasteiger partial charge in [-0.3, -0.25) is 4.79 Å². The molecule has 20 heavy (non-hydrogen) atoms. The lowest BCUT2D eigenvalue weighted by Gasteiger charge is -2.26. The van der Waals surface area contributed by atoms with Crippen molar-refractivity contribution < 1.29 is 9.18 Å². The van der Waals surface area contributed by atoms with Crippen LogP contribution in [0.2, 0.25) is 0 Å². The molecule has 0 radical (unpaired) electrons. The van der Waals surface area contributed by atoms with E-state index in [2.05, 4.69) is 5.32 Å². The van der Waals surface area contributed by atoms with Crippen molar-refractivity contribution in [2.75, 3.05) is 0 Å². The maximum atomic E-state index is 13.1. The first kappa shape index (κ1) is 13.5. The largest absolute Gasteiger partial charge is 0.349 e. The molecule has 1 aliphatic carbocycles. The molecule has 1 amide bonds. The second-order valence-corrected chi connectivity index (χ2v) is 6.46. The van der Waals surface area contributed by atoms with Gasteiger partial charge in [-0.15, -0.1) is 11.3 Å². The van der Waals surface area contributed by atoms with Gasteiger partial charge in [0.2, 0.25) is 0 Å². The molecule has 0 spiro atoms. The van der Waals surface area contributed by atoms with Crippen LogP contribution in [0.15, 0.2) is 24.3 Å². The molecule has 1 fully saturated rings. The van der Waals surface area contributed by atoms with Crippen LogP contribution in [0.3, 0.4) is 0 Å². The van der Waals surface area contributed by atoms with E-state index >= 15 is 0 Å². The van der Waals surface area contributed by atoms with Gasteiger partial charge in [0.05, 0.1) is 4.88 Å². The number of fused-ring (bicyclic) bond motifs is 1. The minimum atomic E-state index is -0.275. The van der Waals surface area contributed by atoms with Crippen LogP contribution in [-0.2, 0) is 0 Å². The number of halogens is 1. The van der Waals surface area contributed by atoms with Crippen molar-refractivity contribution in [2.45, 2.75) is 37.8 Å². The van der Waals surface area contributed by atoms with Crippen molar-refractivity contribution in [1.82, 2.24) is 5.32 Å². The molecule has 1 saturated carbocycles. The third-order valence-corrected chi connectivity index (χ3v) is 4.92. The second-order valence-electron chi connectivity index (χ2n) is 5.38. The molecule has 1 aromatic carbocycles. The highest BCUT2D eigenvalue weighted by atomic mass is 32.1. The zero-order valence-corrected chi connectivity index (χ0v) is 11.9. The number of carbonyl (C=O) groups is 1. The number of nitrogens with one attached hydrogen (secondary N) is 1. The molecule has 106 valence electrons. The zero-order valence-electron chi connectivity index (χ0n) is 11.1. The van der Waals surface area contributed by atoms with Crippen molar-refractivity contribution in [3.05, 3.63) is 35.0 Å². The van der Waals surface area contributed by atoms with Crippen LogP contribution < -0.4 is 11.1 Å². The molecule has 0 bridgehead atoms. The summed E-state index contributed by atoms with van der Waals surface area (Å²) in [6, 6.07) is 6.84. The number of hydrogen-bond acceptors (Lipinski definition) is 3. The summed E-state index contributed by atoms with van der Waals surface area (Å²) >= 11 is 1.40. The minimum Gasteiger partial charge on any atom is -0.349 e. The van der Waals surface area contributed by atoms with Crippen molar-refractivity contribution in [2.24, 2.45) is 5.73 Å². The van der Waals surface area contributed by atoms with E-state index in [9.17, 15) is 9.18 Å². The molecular formula is C15H17FN2OS. The Labute approximate surface area is 121 Å². The quantitative estimate of drug-likeness (QED) is 0.894. The number of carbonyl (C=O) groups excluding carboxylic acids is 1. The average molecular weight is 292 g/mol. The van der Waals surface area contributed by atoms with Crippen LogP contribution in [-0.4, -0.2) is 18.0 Å². The smallest absolute Gasteiger partial charge is 0.261 e. The lowest BCUT2D eigenvalue weighted by molar-refractivity contribution is 0.0930. The fourth-order valence-corrected chi connectivity index (χ4v) is 3.59. The molecule has 0 aliphatic heterocycles. The summed E-state index contributed by atoms with van der Waals surface area (Å²) in [6.45, 7) is 0. The van der Waals surface area contributed by atoms with Gasteiger partial charge in [-0.2, -0.15) is 0 Å². The minimum absolute atomic E-state index is 0.0629. The van der Waals surface area contributed by atoms with Gasteiger partial charge in [0, 0.05) is 16.8 Å². The summed E-state index contributed by atoms with van der Waals surface area (Å²) in [5, 5.41) is 3.84. The first-order chi connectivity index (χ1) is 9.61. The van der Waals surface area contributed by atoms with Gasteiger partial charge in [-0.25, -0.2) is 4.39 Å². The molecule has 1 aliphatic rings. The van der Waals surface area contributed by atoms with Gasteiger partial charge in [-0.1, -0.05) is 0 Å². The SMILES string of the molecule is NC1CCC(NC(=O)c2cc3cc(F)ccc3s2)CC1. The van der Waals surface area contributed by atoms with Crippen LogP contribution in [0.25, 0.3) is 10.1 Å². The summed E-state index contributed by atoms with van der Waals surface area (Å²) in [4.78, 5) is 12.9. The van der Waals surface area contributed by atoms with Crippen LogP contribution in [0, 0.1) is 5.82 Å². The molecular weight excluding hydrogens is 275 g/mol. The number of nitrogens with two attached hydrogens (primary N) is 1. The Hall–Kier alpha value is -1.46.